The number of ether oxygens (including phenoxy) is 2. The highest BCUT2D eigenvalue weighted by Gasteiger charge is 2.30. The molecule has 1 aliphatic rings. The third-order valence-corrected chi connectivity index (χ3v) is 6.69. The molecule has 0 saturated carbocycles. The zero-order valence-corrected chi connectivity index (χ0v) is 21.0. The molecular weight excluding hydrogens is 547 g/mol. The van der Waals surface area contributed by atoms with E-state index in [1.807, 2.05) is 44.2 Å². The molecule has 9 heteroatoms. The Balaban J connectivity index is 1.75. The Morgan fingerprint density at radius 1 is 1.32 bits per heavy atom. The van der Waals surface area contributed by atoms with Crippen LogP contribution in [0.5, 0.6) is 11.5 Å². The molecule has 2 aromatic rings. The lowest BCUT2D eigenvalue weighted by molar-refractivity contribution is -0.122. The van der Waals surface area contributed by atoms with Gasteiger partial charge in [0.2, 0.25) is 0 Å². The van der Waals surface area contributed by atoms with E-state index >= 15 is 0 Å². The number of hydrogen-bond donors (Lipinski definition) is 1. The number of rotatable bonds is 7. The molecule has 0 aromatic heterocycles. The van der Waals surface area contributed by atoms with Gasteiger partial charge in [0.15, 0.2) is 18.1 Å². The van der Waals surface area contributed by atoms with Crippen molar-refractivity contribution in [3.05, 3.63) is 56.0 Å². The number of aryl methyl sites for hydroxylation is 1. The zero-order valence-electron chi connectivity index (χ0n) is 17.2. The maximum atomic E-state index is 12.5. The van der Waals surface area contributed by atoms with Crippen molar-refractivity contribution in [2.45, 2.75) is 13.8 Å². The number of nitrogens with zero attached hydrogens (tertiary/aromatic N) is 1. The number of halogens is 1. The first-order chi connectivity index (χ1) is 14.8. The Bertz CT molecular complexity index is 1070. The first-order valence-electron chi connectivity index (χ1n) is 9.45. The number of thioether (sulfide) groups is 1. The molecule has 1 saturated heterocycles. The van der Waals surface area contributed by atoms with Crippen LogP contribution < -0.4 is 14.8 Å². The Labute approximate surface area is 204 Å². The van der Waals surface area contributed by atoms with Crippen LogP contribution in [0, 0.1) is 10.5 Å². The standard InChI is InChI=1S/C22H21IN2O4S2/c1-4-25-21(27)18(31-22(25)30)11-14-9-15(23)20(17(10-14)28-3)29-12-19(26)24-16-8-6-5-7-13(16)2/h5-11H,4,12H2,1-3H3,(H,24,26)/b18-11-. The van der Waals surface area contributed by atoms with E-state index < -0.39 is 0 Å². The van der Waals surface area contributed by atoms with Crippen molar-refractivity contribution in [3.63, 3.8) is 0 Å². The van der Waals surface area contributed by atoms with Crippen LogP contribution in [0.1, 0.15) is 18.1 Å². The van der Waals surface area contributed by atoms with Gasteiger partial charge in [-0.3, -0.25) is 14.5 Å². The van der Waals surface area contributed by atoms with Gasteiger partial charge in [-0.1, -0.05) is 42.2 Å². The van der Waals surface area contributed by atoms with Crippen LogP contribution in [-0.2, 0) is 9.59 Å². The molecule has 1 fully saturated rings. The highest BCUT2D eigenvalue weighted by Crippen LogP contribution is 2.37. The van der Waals surface area contributed by atoms with E-state index in [0.29, 0.717) is 27.3 Å². The first kappa shape index (κ1) is 23.6. The van der Waals surface area contributed by atoms with E-state index in [1.54, 1.807) is 17.0 Å². The molecule has 1 heterocycles. The van der Waals surface area contributed by atoms with Crippen LogP contribution in [0.3, 0.4) is 0 Å². The van der Waals surface area contributed by atoms with E-state index in [0.717, 1.165) is 20.4 Å². The van der Waals surface area contributed by atoms with Crippen molar-refractivity contribution in [2.75, 3.05) is 25.6 Å². The third kappa shape index (κ3) is 5.58. The summed E-state index contributed by atoms with van der Waals surface area (Å²) in [4.78, 5) is 26.9. The van der Waals surface area contributed by atoms with Crippen LogP contribution in [0.15, 0.2) is 41.3 Å². The molecule has 3 rings (SSSR count). The molecule has 6 nitrogen and oxygen atoms in total. The van der Waals surface area contributed by atoms with Gasteiger partial charge < -0.3 is 14.8 Å². The minimum Gasteiger partial charge on any atom is -0.493 e. The average molecular weight is 568 g/mol. The van der Waals surface area contributed by atoms with Gasteiger partial charge in [0.05, 0.1) is 15.6 Å². The molecule has 2 aromatic carbocycles. The number of anilines is 1. The normalized spacial score (nSPS) is 14.8. The molecule has 1 N–H and O–H groups in total. The number of thiocarbonyl (C=S) groups is 1. The summed E-state index contributed by atoms with van der Waals surface area (Å²) < 4.78 is 12.6. The minimum absolute atomic E-state index is 0.0975. The molecule has 2 amide bonds. The Hall–Kier alpha value is -2.11. The molecule has 0 unspecified atom stereocenters. The Morgan fingerprint density at radius 3 is 2.71 bits per heavy atom. The second kappa shape index (κ2) is 10.5. The summed E-state index contributed by atoms with van der Waals surface area (Å²) >= 11 is 8.67. The average Bonchev–Trinajstić information content (AvgIpc) is 3.00. The summed E-state index contributed by atoms with van der Waals surface area (Å²) in [5.41, 5.74) is 2.51. The smallest absolute Gasteiger partial charge is 0.266 e. The highest BCUT2D eigenvalue weighted by atomic mass is 127. The predicted octanol–water partition coefficient (Wildman–Crippen LogP) is 4.85. The van der Waals surface area contributed by atoms with Gasteiger partial charge in [-0.25, -0.2) is 0 Å². The molecule has 162 valence electrons. The van der Waals surface area contributed by atoms with Gasteiger partial charge in [0, 0.05) is 12.2 Å². The molecule has 0 radical (unpaired) electrons. The van der Waals surface area contributed by atoms with E-state index in [-0.39, 0.29) is 18.4 Å². The number of amides is 2. The van der Waals surface area contributed by atoms with Crippen LogP contribution in [0.4, 0.5) is 5.69 Å². The van der Waals surface area contributed by atoms with Crippen LogP contribution in [0.25, 0.3) is 6.08 Å². The molecule has 0 aliphatic carbocycles. The Morgan fingerprint density at radius 2 is 2.06 bits per heavy atom. The summed E-state index contributed by atoms with van der Waals surface area (Å²) in [5.74, 6) is 0.591. The van der Waals surface area contributed by atoms with Crippen LogP contribution >= 0.6 is 46.6 Å². The van der Waals surface area contributed by atoms with Crippen LogP contribution in [-0.4, -0.2) is 41.3 Å². The molecule has 31 heavy (non-hydrogen) atoms. The van der Waals surface area contributed by atoms with E-state index in [4.69, 9.17) is 21.7 Å². The summed E-state index contributed by atoms with van der Waals surface area (Å²) in [6.45, 7) is 4.20. The van der Waals surface area contributed by atoms with Crippen molar-refractivity contribution in [2.24, 2.45) is 0 Å². The second-order valence-corrected chi connectivity index (χ2v) is 9.45. The van der Waals surface area contributed by atoms with Crippen LogP contribution in [0.2, 0.25) is 0 Å². The maximum Gasteiger partial charge on any atom is 0.266 e. The predicted molar refractivity (Wildman–Crippen MR) is 137 cm³/mol. The highest BCUT2D eigenvalue weighted by molar-refractivity contribution is 14.1. The second-order valence-electron chi connectivity index (χ2n) is 6.61. The van der Waals surface area contributed by atoms with Gasteiger partial charge >= 0.3 is 0 Å². The van der Waals surface area contributed by atoms with E-state index in [2.05, 4.69) is 27.9 Å². The first-order valence-corrected chi connectivity index (χ1v) is 11.8. The Kier molecular flexibility index (Phi) is 7.95. The molecule has 0 atom stereocenters. The fourth-order valence-corrected chi connectivity index (χ4v) is 5.09. The summed E-state index contributed by atoms with van der Waals surface area (Å²) in [6, 6.07) is 11.2. The van der Waals surface area contributed by atoms with Crippen molar-refractivity contribution in [1.29, 1.82) is 0 Å². The monoisotopic (exact) mass is 568 g/mol. The zero-order chi connectivity index (χ0) is 22.5. The number of para-hydroxylation sites is 1. The molecule has 0 bridgehead atoms. The fraction of sp³-hybridized carbons (Fsp3) is 0.227. The van der Waals surface area contributed by atoms with Gasteiger partial charge in [-0.05, 0) is 71.8 Å². The van der Waals surface area contributed by atoms with Crippen molar-refractivity contribution < 1.29 is 19.1 Å². The molecular formula is C22H21IN2O4S2. The summed E-state index contributed by atoms with van der Waals surface area (Å²) in [7, 11) is 1.53. The number of methoxy groups -OCH3 is 1. The third-order valence-electron chi connectivity index (χ3n) is 4.51. The topological polar surface area (TPSA) is 67.9 Å². The number of likely N-dealkylation sites (N-methyl/N-ethyl adjacent to an activating group) is 1. The number of carbonyl (C=O) groups is 2. The number of hydrogen-bond acceptors (Lipinski definition) is 6. The number of nitrogens with one attached hydrogen (secondary N) is 1. The maximum absolute atomic E-state index is 12.5. The largest absolute Gasteiger partial charge is 0.493 e. The van der Waals surface area contributed by atoms with Crippen molar-refractivity contribution in [1.82, 2.24) is 4.90 Å². The minimum atomic E-state index is -0.264. The van der Waals surface area contributed by atoms with E-state index in [9.17, 15) is 9.59 Å². The van der Waals surface area contributed by atoms with Crippen molar-refractivity contribution >= 4 is 74.5 Å². The van der Waals surface area contributed by atoms with Crippen molar-refractivity contribution in [3.8, 4) is 11.5 Å². The lowest BCUT2D eigenvalue weighted by atomic mass is 10.2. The lowest BCUT2D eigenvalue weighted by Crippen LogP contribution is -2.27. The van der Waals surface area contributed by atoms with Gasteiger partial charge in [-0.2, -0.15) is 0 Å². The number of benzene rings is 2. The quantitative estimate of drug-likeness (QED) is 0.293. The number of carbonyl (C=O) groups excluding carboxylic acids is 2. The molecule has 0 spiro atoms. The van der Waals surface area contributed by atoms with Gasteiger partial charge in [0.25, 0.3) is 11.8 Å². The van der Waals surface area contributed by atoms with E-state index in [1.165, 1.54) is 18.9 Å². The lowest BCUT2D eigenvalue weighted by Gasteiger charge is -2.14. The van der Waals surface area contributed by atoms with Gasteiger partial charge in [0.1, 0.15) is 4.32 Å². The fourth-order valence-electron chi connectivity index (χ4n) is 2.92. The summed E-state index contributed by atoms with van der Waals surface area (Å²) in [5, 5.41) is 2.84. The SMILES string of the molecule is CCN1C(=O)/C(=C/c2cc(I)c(OCC(=O)Nc3ccccc3C)c(OC)c2)SC1=S. The molecule has 1 aliphatic heterocycles. The summed E-state index contributed by atoms with van der Waals surface area (Å²) in [6.07, 6.45) is 1.79. The van der Waals surface area contributed by atoms with Gasteiger partial charge in [-0.15, -0.1) is 0 Å².